The van der Waals surface area contributed by atoms with Crippen LogP contribution in [0.5, 0.6) is 0 Å². The van der Waals surface area contributed by atoms with Crippen molar-refractivity contribution in [3.8, 4) is 0 Å². The van der Waals surface area contributed by atoms with Gasteiger partial charge in [-0.3, -0.25) is 0 Å². The maximum atomic E-state index is 6.14. The molecule has 1 fully saturated rings. The summed E-state index contributed by atoms with van der Waals surface area (Å²) in [7, 11) is 0. The molecule has 1 saturated carbocycles. The average Bonchev–Trinajstić information content (AvgIpc) is 2.96. The molecule has 110 valence electrons. The molecule has 0 amide bonds. The Kier molecular flexibility index (Phi) is 4.25. The van der Waals surface area contributed by atoms with Gasteiger partial charge in [0.05, 0.1) is 0 Å². The van der Waals surface area contributed by atoms with E-state index in [1.165, 1.54) is 25.7 Å². The molecular weight excluding hydrogens is 284 g/mol. The number of aromatic nitrogens is 2. The summed E-state index contributed by atoms with van der Waals surface area (Å²) in [6, 6.07) is 8.37. The Morgan fingerprint density at radius 2 is 1.86 bits per heavy atom. The second-order valence-electron chi connectivity index (χ2n) is 5.50. The molecule has 2 N–H and O–H groups in total. The third kappa shape index (κ3) is 3.64. The summed E-state index contributed by atoms with van der Waals surface area (Å²) in [6.45, 7) is 1.99. The smallest absolute Gasteiger partial charge is 0.135 e. The summed E-state index contributed by atoms with van der Waals surface area (Å²) in [5.74, 6) is 1.64. The summed E-state index contributed by atoms with van der Waals surface area (Å²) < 4.78 is 0. The quantitative estimate of drug-likeness (QED) is 0.871. The van der Waals surface area contributed by atoms with Gasteiger partial charge in [-0.1, -0.05) is 30.5 Å². The van der Waals surface area contributed by atoms with Crippen LogP contribution in [0, 0.1) is 6.92 Å². The van der Waals surface area contributed by atoms with Gasteiger partial charge in [-0.05, 0) is 37.5 Å². The lowest BCUT2D eigenvalue weighted by Crippen LogP contribution is -2.15. The molecule has 1 aliphatic rings. The molecule has 1 heterocycles. The number of rotatable bonds is 4. The number of hydrogen-bond donors (Lipinski definition) is 2. The Labute approximate surface area is 130 Å². The minimum absolute atomic E-state index is 0.543. The number of benzene rings is 1. The molecule has 0 saturated heterocycles. The lowest BCUT2D eigenvalue weighted by Gasteiger charge is -2.13. The first-order chi connectivity index (χ1) is 10.2. The number of halogens is 1. The van der Waals surface area contributed by atoms with Crippen LogP contribution in [0.1, 0.15) is 31.2 Å². The summed E-state index contributed by atoms with van der Waals surface area (Å²) >= 11 is 6.14. The first-order valence-electron chi connectivity index (χ1n) is 7.32. The maximum Gasteiger partial charge on any atom is 0.135 e. The van der Waals surface area contributed by atoms with E-state index in [9.17, 15) is 0 Å². The van der Waals surface area contributed by atoms with Crippen molar-refractivity contribution < 1.29 is 0 Å². The molecule has 2 aromatic rings. The van der Waals surface area contributed by atoms with E-state index in [0.717, 1.165) is 27.9 Å². The van der Waals surface area contributed by atoms with Gasteiger partial charge in [0.2, 0.25) is 0 Å². The minimum Gasteiger partial charge on any atom is -0.367 e. The predicted molar refractivity (Wildman–Crippen MR) is 87.4 cm³/mol. The Morgan fingerprint density at radius 1 is 1.10 bits per heavy atom. The molecule has 1 aliphatic carbocycles. The molecule has 4 nitrogen and oxygen atoms in total. The van der Waals surface area contributed by atoms with Crippen molar-refractivity contribution in [3.05, 3.63) is 41.2 Å². The number of aryl methyl sites for hydroxylation is 1. The van der Waals surface area contributed by atoms with E-state index >= 15 is 0 Å². The third-order valence-electron chi connectivity index (χ3n) is 3.82. The van der Waals surface area contributed by atoms with Crippen LogP contribution >= 0.6 is 11.6 Å². The molecule has 1 aromatic heterocycles. The van der Waals surface area contributed by atoms with Crippen LogP contribution in [-0.4, -0.2) is 16.0 Å². The molecule has 0 bridgehead atoms. The molecule has 0 aliphatic heterocycles. The number of nitrogens with one attached hydrogen (secondary N) is 2. The number of nitrogens with zero attached hydrogens (tertiary/aromatic N) is 2. The van der Waals surface area contributed by atoms with Gasteiger partial charge in [0.1, 0.15) is 18.0 Å². The third-order valence-corrected chi connectivity index (χ3v) is 4.23. The van der Waals surface area contributed by atoms with E-state index in [4.69, 9.17) is 11.6 Å². The normalized spacial score (nSPS) is 15.1. The highest BCUT2D eigenvalue weighted by Crippen LogP contribution is 2.24. The summed E-state index contributed by atoms with van der Waals surface area (Å²) in [5.41, 5.74) is 1.99. The molecule has 21 heavy (non-hydrogen) atoms. The fourth-order valence-electron chi connectivity index (χ4n) is 2.60. The number of hydrogen-bond acceptors (Lipinski definition) is 4. The molecule has 0 spiro atoms. The van der Waals surface area contributed by atoms with Crippen LogP contribution in [0.2, 0.25) is 5.02 Å². The predicted octanol–water partition coefficient (Wildman–Crippen LogP) is 4.54. The largest absolute Gasteiger partial charge is 0.367 e. The fourth-order valence-corrected chi connectivity index (χ4v) is 2.78. The molecule has 1 aromatic carbocycles. The molecule has 3 rings (SSSR count). The molecule has 0 radical (unpaired) electrons. The van der Waals surface area contributed by atoms with Crippen molar-refractivity contribution in [2.45, 2.75) is 38.6 Å². The monoisotopic (exact) mass is 302 g/mol. The Bertz CT molecular complexity index is 623. The van der Waals surface area contributed by atoms with Gasteiger partial charge in [-0.25, -0.2) is 9.97 Å². The van der Waals surface area contributed by atoms with Crippen molar-refractivity contribution in [1.29, 1.82) is 0 Å². The van der Waals surface area contributed by atoms with Crippen molar-refractivity contribution in [3.63, 3.8) is 0 Å². The average molecular weight is 303 g/mol. The van der Waals surface area contributed by atoms with E-state index in [1.54, 1.807) is 6.33 Å². The zero-order valence-corrected chi connectivity index (χ0v) is 12.8. The zero-order valence-electron chi connectivity index (χ0n) is 12.1. The van der Waals surface area contributed by atoms with Gasteiger partial charge in [-0.2, -0.15) is 0 Å². The topological polar surface area (TPSA) is 49.8 Å². The van der Waals surface area contributed by atoms with Crippen LogP contribution in [0.4, 0.5) is 17.3 Å². The van der Waals surface area contributed by atoms with Crippen LogP contribution in [-0.2, 0) is 0 Å². The molecular formula is C16H19ClN4. The van der Waals surface area contributed by atoms with Gasteiger partial charge in [0.25, 0.3) is 0 Å². The van der Waals surface area contributed by atoms with Crippen molar-refractivity contribution in [2.24, 2.45) is 0 Å². The molecule has 0 atom stereocenters. The first kappa shape index (κ1) is 14.1. The first-order valence-corrected chi connectivity index (χ1v) is 7.70. The van der Waals surface area contributed by atoms with Crippen LogP contribution in [0.3, 0.4) is 0 Å². The summed E-state index contributed by atoms with van der Waals surface area (Å²) in [5, 5.41) is 7.48. The maximum absolute atomic E-state index is 6.14. The van der Waals surface area contributed by atoms with Gasteiger partial charge in [0, 0.05) is 22.8 Å². The lowest BCUT2D eigenvalue weighted by atomic mass is 10.2. The van der Waals surface area contributed by atoms with E-state index in [1.807, 2.05) is 31.2 Å². The highest BCUT2D eigenvalue weighted by Gasteiger charge is 2.15. The summed E-state index contributed by atoms with van der Waals surface area (Å²) in [6.07, 6.45) is 6.63. The van der Waals surface area contributed by atoms with Gasteiger partial charge < -0.3 is 10.6 Å². The standard InChI is InChI=1S/C16H19ClN4/c1-11-6-7-13(8-14(11)17)21-16-9-15(18-10-19-16)20-12-4-2-3-5-12/h6-10,12H,2-5H2,1H3,(H2,18,19,20,21). The summed E-state index contributed by atoms with van der Waals surface area (Å²) in [4.78, 5) is 8.54. The van der Waals surface area contributed by atoms with E-state index in [2.05, 4.69) is 20.6 Å². The molecule has 5 heteroatoms. The van der Waals surface area contributed by atoms with Crippen molar-refractivity contribution >= 4 is 28.9 Å². The van der Waals surface area contributed by atoms with Crippen LogP contribution in [0.15, 0.2) is 30.6 Å². The second-order valence-corrected chi connectivity index (χ2v) is 5.91. The zero-order chi connectivity index (χ0) is 14.7. The van der Waals surface area contributed by atoms with E-state index in [0.29, 0.717) is 6.04 Å². The lowest BCUT2D eigenvalue weighted by molar-refractivity contribution is 0.750. The Hall–Kier alpha value is -1.81. The van der Waals surface area contributed by atoms with Crippen molar-refractivity contribution in [1.82, 2.24) is 9.97 Å². The second kappa shape index (κ2) is 6.31. The van der Waals surface area contributed by atoms with Gasteiger partial charge >= 0.3 is 0 Å². The Balaban J connectivity index is 1.71. The molecule has 0 unspecified atom stereocenters. The van der Waals surface area contributed by atoms with Crippen LogP contribution < -0.4 is 10.6 Å². The van der Waals surface area contributed by atoms with E-state index in [-0.39, 0.29) is 0 Å². The van der Waals surface area contributed by atoms with Gasteiger partial charge in [0.15, 0.2) is 0 Å². The van der Waals surface area contributed by atoms with Crippen molar-refractivity contribution in [2.75, 3.05) is 10.6 Å². The number of anilines is 3. The fraction of sp³-hybridized carbons (Fsp3) is 0.375. The van der Waals surface area contributed by atoms with Gasteiger partial charge in [-0.15, -0.1) is 0 Å². The SMILES string of the molecule is Cc1ccc(Nc2cc(NC3CCCC3)ncn2)cc1Cl. The van der Waals surface area contributed by atoms with E-state index < -0.39 is 0 Å². The minimum atomic E-state index is 0.543. The highest BCUT2D eigenvalue weighted by molar-refractivity contribution is 6.31. The van der Waals surface area contributed by atoms with Crippen LogP contribution in [0.25, 0.3) is 0 Å². The highest BCUT2D eigenvalue weighted by atomic mass is 35.5. The Morgan fingerprint density at radius 3 is 2.62 bits per heavy atom.